The number of piperidine rings is 1. The van der Waals surface area contributed by atoms with Gasteiger partial charge in [0, 0.05) is 58.6 Å². The minimum atomic E-state index is -0.852. The van der Waals surface area contributed by atoms with Gasteiger partial charge < -0.3 is 28.9 Å². The van der Waals surface area contributed by atoms with Gasteiger partial charge in [-0.3, -0.25) is 9.78 Å². The number of fused-ring (bicyclic) bond motifs is 1. The van der Waals surface area contributed by atoms with Gasteiger partial charge in [0.05, 0.1) is 16.7 Å². The molecule has 0 aliphatic carbocycles. The molecule has 3 heterocycles. The number of unbranched alkanes of at least 4 members (excludes halogenated alkanes) is 1. The second kappa shape index (κ2) is 15.0. The number of pyridine rings is 1. The summed E-state index contributed by atoms with van der Waals surface area (Å²) < 4.78 is 13.0. The molecule has 1 aromatic carbocycles. The van der Waals surface area contributed by atoms with Gasteiger partial charge >= 0.3 is 6.09 Å². The molecule has 3 unspecified atom stereocenters. The third-order valence-electron chi connectivity index (χ3n) is 7.84. The SMILES string of the molecule is COCCCCn1c(C(=O)N(CC(C)C)CC2CC(C(O)c3ccccn3)CN(C(=O)OC(C)(C)C)C2)nc2ccccc21. The van der Waals surface area contributed by atoms with Crippen molar-refractivity contribution in [2.75, 3.05) is 39.9 Å². The molecule has 0 spiro atoms. The standard InChI is InChI=1S/C34H49N5O5/c1-24(2)20-37(32(41)31-36-27-13-7-8-15-29(27)39(31)17-11-12-18-43-6)21-25-19-26(30(40)28-14-9-10-16-35-28)23-38(22-25)33(42)44-34(3,4)5/h7-10,13-16,24-26,30,40H,11-12,17-23H2,1-6H3. The number of aliphatic hydroxyl groups is 1. The van der Waals surface area contributed by atoms with Crippen molar-refractivity contribution in [2.45, 2.75) is 72.1 Å². The van der Waals surface area contributed by atoms with E-state index < -0.39 is 17.8 Å². The van der Waals surface area contributed by atoms with Gasteiger partial charge in [0.2, 0.25) is 0 Å². The van der Waals surface area contributed by atoms with E-state index in [1.807, 2.05) is 66.6 Å². The number of hydrogen-bond acceptors (Lipinski definition) is 7. The Morgan fingerprint density at radius 2 is 1.84 bits per heavy atom. The van der Waals surface area contributed by atoms with E-state index in [1.165, 1.54) is 0 Å². The molecule has 1 N–H and O–H groups in total. The number of nitrogens with zero attached hydrogens (tertiary/aromatic N) is 5. The summed E-state index contributed by atoms with van der Waals surface area (Å²) in [5, 5.41) is 11.4. The van der Waals surface area contributed by atoms with Gasteiger partial charge in [0.1, 0.15) is 11.7 Å². The minimum Gasteiger partial charge on any atom is -0.444 e. The maximum atomic E-state index is 14.3. The molecule has 1 aliphatic rings. The van der Waals surface area contributed by atoms with Crippen LogP contribution in [-0.4, -0.2) is 86.9 Å². The van der Waals surface area contributed by atoms with Gasteiger partial charge in [-0.15, -0.1) is 0 Å². The number of hydrogen-bond donors (Lipinski definition) is 1. The Morgan fingerprint density at radius 3 is 2.52 bits per heavy atom. The number of aliphatic hydroxyl groups excluding tert-OH is 1. The zero-order valence-corrected chi connectivity index (χ0v) is 27.1. The molecule has 2 amide bonds. The highest BCUT2D eigenvalue weighted by molar-refractivity contribution is 5.95. The third kappa shape index (κ3) is 8.79. The second-order valence-corrected chi connectivity index (χ2v) is 13.3. The monoisotopic (exact) mass is 607 g/mol. The normalized spacial score (nSPS) is 18.0. The molecule has 0 radical (unpaired) electrons. The number of benzene rings is 1. The van der Waals surface area contributed by atoms with Crippen LogP contribution >= 0.6 is 0 Å². The summed E-state index contributed by atoms with van der Waals surface area (Å²) >= 11 is 0. The van der Waals surface area contributed by atoms with Crippen molar-refractivity contribution in [2.24, 2.45) is 17.8 Å². The third-order valence-corrected chi connectivity index (χ3v) is 7.84. The molecule has 10 nitrogen and oxygen atoms in total. The van der Waals surface area contributed by atoms with Crippen LogP contribution in [0.15, 0.2) is 48.7 Å². The number of methoxy groups -OCH3 is 1. The molecule has 2 aromatic heterocycles. The van der Waals surface area contributed by atoms with E-state index in [2.05, 4.69) is 18.8 Å². The lowest BCUT2D eigenvalue weighted by Gasteiger charge is -2.41. The second-order valence-electron chi connectivity index (χ2n) is 13.3. The van der Waals surface area contributed by atoms with Crippen LogP contribution in [-0.2, 0) is 16.0 Å². The molecular weight excluding hydrogens is 558 g/mol. The molecule has 1 aliphatic heterocycles. The highest BCUT2D eigenvalue weighted by Gasteiger charge is 2.38. The van der Waals surface area contributed by atoms with Crippen LogP contribution in [0.2, 0.25) is 0 Å². The molecular formula is C34H49N5O5. The number of aromatic nitrogens is 3. The molecule has 0 bridgehead atoms. The molecule has 4 rings (SSSR count). The van der Waals surface area contributed by atoms with E-state index in [0.29, 0.717) is 57.3 Å². The molecule has 3 aromatic rings. The van der Waals surface area contributed by atoms with Gasteiger partial charge in [-0.25, -0.2) is 9.78 Å². The largest absolute Gasteiger partial charge is 0.444 e. The number of carbonyl (C=O) groups excluding carboxylic acids is 2. The first-order valence-corrected chi connectivity index (χ1v) is 15.8. The van der Waals surface area contributed by atoms with Crippen molar-refractivity contribution >= 4 is 23.0 Å². The maximum Gasteiger partial charge on any atom is 0.410 e. The van der Waals surface area contributed by atoms with Crippen molar-refractivity contribution in [1.82, 2.24) is 24.3 Å². The quantitative estimate of drug-likeness (QED) is 0.268. The van der Waals surface area contributed by atoms with Gasteiger partial charge in [0.25, 0.3) is 5.91 Å². The summed E-state index contributed by atoms with van der Waals surface area (Å²) in [6.07, 6.45) is 2.77. The molecule has 0 saturated carbocycles. The van der Waals surface area contributed by atoms with Crippen LogP contribution in [0.3, 0.4) is 0 Å². The van der Waals surface area contributed by atoms with Crippen LogP contribution in [0.25, 0.3) is 11.0 Å². The van der Waals surface area contributed by atoms with Crippen molar-refractivity contribution in [1.29, 1.82) is 0 Å². The Bertz CT molecular complexity index is 1370. The minimum absolute atomic E-state index is 0.0816. The van der Waals surface area contributed by atoms with Crippen LogP contribution in [0, 0.1) is 17.8 Å². The fourth-order valence-electron chi connectivity index (χ4n) is 5.99. The topological polar surface area (TPSA) is 110 Å². The molecule has 10 heteroatoms. The average Bonchev–Trinajstić information content (AvgIpc) is 3.36. The Kier molecular flexibility index (Phi) is 11.4. The van der Waals surface area contributed by atoms with Gasteiger partial charge in [-0.1, -0.05) is 32.0 Å². The lowest BCUT2D eigenvalue weighted by atomic mass is 9.84. The van der Waals surface area contributed by atoms with Crippen molar-refractivity contribution < 1.29 is 24.2 Å². The number of likely N-dealkylation sites (tertiary alicyclic amines) is 1. The number of rotatable bonds is 12. The highest BCUT2D eigenvalue weighted by Crippen LogP contribution is 2.33. The average molecular weight is 608 g/mol. The Labute approximate surface area is 261 Å². The zero-order valence-electron chi connectivity index (χ0n) is 27.1. The lowest BCUT2D eigenvalue weighted by Crippen LogP contribution is -2.51. The molecule has 240 valence electrons. The number of carbonyl (C=O) groups is 2. The number of aryl methyl sites for hydroxylation is 1. The van der Waals surface area contributed by atoms with E-state index in [-0.39, 0.29) is 23.7 Å². The van der Waals surface area contributed by atoms with Crippen LogP contribution in [0.5, 0.6) is 0 Å². The number of amides is 2. The molecule has 1 fully saturated rings. The Balaban J connectivity index is 1.62. The number of para-hydroxylation sites is 2. The summed E-state index contributed by atoms with van der Waals surface area (Å²) in [5.41, 5.74) is 1.64. The number of ether oxygens (including phenoxy) is 2. The van der Waals surface area contributed by atoms with Crippen LogP contribution in [0.4, 0.5) is 4.79 Å². The Hall–Kier alpha value is -3.50. The van der Waals surface area contributed by atoms with E-state index in [0.717, 1.165) is 23.9 Å². The summed E-state index contributed by atoms with van der Waals surface area (Å²) in [6, 6.07) is 13.3. The summed E-state index contributed by atoms with van der Waals surface area (Å²) in [4.78, 5) is 40.3. The predicted molar refractivity (Wildman–Crippen MR) is 170 cm³/mol. The summed E-state index contributed by atoms with van der Waals surface area (Å²) in [7, 11) is 1.69. The smallest absolute Gasteiger partial charge is 0.410 e. The molecule has 44 heavy (non-hydrogen) atoms. The van der Waals surface area contributed by atoms with Crippen LogP contribution in [0.1, 0.15) is 76.3 Å². The van der Waals surface area contributed by atoms with E-state index in [4.69, 9.17) is 14.5 Å². The fraction of sp³-hybridized carbons (Fsp3) is 0.588. The van der Waals surface area contributed by atoms with Gasteiger partial charge in [-0.05, 0) is 76.1 Å². The van der Waals surface area contributed by atoms with E-state index in [9.17, 15) is 14.7 Å². The maximum absolute atomic E-state index is 14.3. The number of imidazole rings is 1. The fourth-order valence-corrected chi connectivity index (χ4v) is 5.99. The first-order chi connectivity index (χ1) is 21.0. The predicted octanol–water partition coefficient (Wildman–Crippen LogP) is 5.56. The lowest BCUT2D eigenvalue weighted by molar-refractivity contribution is -0.0133. The highest BCUT2D eigenvalue weighted by atomic mass is 16.6. The van der Waals surface area contributed by atoms with Gasteiger partial charge in [-0.2, -0.15) is 0 Å². The Morgan fingerprint density at radius 1 is 1.09 bits per heavy atom. The molecule has 1 saturated heterocycles. The van der Waals surface area contributed by atoms with Crippen molar-refractivity contribution in [3.05, 3.63) is 60.2 Å². The van der Waals surface area contributed by atoms with Crippen LogP contribution < -0.4 is 0 Å². The van der Waals surface area contributed by atoms with Crippen molar-refractivity contribution in [3.63, 3.8) is 0 Å². The van der Waals surface area contributed by atoms with E-state index >= 15 is 0 Å². The summed E-state index contributed by atoms with van der Waals surface area (Å²) in [5.74, 6) is 0.172. The summed E-state index contributed by atoms with van der Waals surface area (Å²) in [6.45, 7) is 12.8. The first kappa shape index (κ1) is 33.4. The zero-order chi connectivity index (χ0) is 31.9. The first-order valence-electron chi connectivity index (χ1n) is 15.8. The molecule has 3 atom stereocenters. The van der Waals surface area contributed by atoms with Gasteiger partial charge in [0.15, 0.2) is 5.82 Å². The van der Waals surface area contributed by atoms with Crippen molar-refractivity contribution in [3.8, 4) is 0 Å². The van der Waals surface area contributed by atoms with E-state index in [1.54, 1.807) is 24.3 Å².